The van der Waals surface area contributed by atoms with Crippen molar-refractivity contribution in [3.05, 3.63) is 140 Å². The summed E-state index contributed by atoms with van der Waals surface area (Å²) in [6, 6.07) is 47.6. The summed E-state index contributed by atoms with van der Waals surface area (Å²) in [6.45, 7) is 0. The monoisotopic (exact) mass is 553 g/mol. The van der Waals surface area contributed by atoms with Gasteiger partial charge < -0.3 is 0 Å². The van der Waals surface area contributed by atoms with Crippen LogP contribution in [0.4, 0.5) is 0 Å². The summed E-state index contributed by atoms with van der Waals surface area (Å²) < 4.78 is 4.74. The van der Waals surface area contributed by atoms with E-state index in [9.17, 15) is 0 Å². The molecule has 0 saturated heterocycles. The van der Waals surface area contributed by atoms with Crippen LogP contribution in [0.3, 0.4) is 0 Å². The lowest BCUT2D eigenvalue weighted by Gasteiger charge is -2.09. The van der Waals surface area contributed by atoms with Crippen molar-refractivity contribution in [3.8, 4) is 33.5 Å². The highest BCUT2D eigenvalue weighted by Gasteiger charge is 2.15. The lowest BCUT2D eigenvalue weighted by Crippen LogP contribution is -1.91. The smallest absolute Gasteiger partial charge is 0.165 e. The topological polar surface area (TPSA) is 30.2 Å². The van der Waals surface area contributed by atoms with Crippen molar-refractivity contribution in [2.24, 2.45) is 0 Å². The molecule has 0 aliphatic rings. The van der Waals surface area contributed by atoms with E-state index in [2.05, 4.69) is 120 Å². The lowest BCUT2D eigenvalue weighted by molar-refractivity contribution is 1.19. The highest BCUT2D eigenvalue weighted by atomic mass is 32.1. The number of fused-ring (bicyclic) bond motifs is 8. The second-order valence-electron chi connectivity index (χ2n) is 10.7. The van der Waals surface area contributed by atoms with Gasteiger partial charge in [-0.15, -0.1) is 11.3 Å². The third-order valence-electron chi connectivity index (χ3n) is 8.25. The molecule has 0 atom stereocenters. The molecule has 196 valence electrons. The van der Waals surface area contributed by atoms with Crippen LogP contribution in [-0.4, -0.2) is 14.4 Å². The number of hydrogen-bond donors (Lipinski definition) is 0. The van der Waals surface area contributed by atoms with E-state index in [4.69, 9.17) is 9.97 Å². The molecule has 0 saturated carbocycles. The van der Waals surface area contributed by atoms with Crippen LogP contribution in [0.15, 0.2) is 140 Å². The Morgan fingerprint density at radius 2 is 1.05 bits per heavy atom. The fourth-order valence-corrected chi connectivity index (χ4v) is 7.22. The molecule has 42 heavy (non-hydrogen) atoms. The van der Waals surface area contributed by atoms with Crippen molar-refractivity contribution in [3.63, 3.8) is 0 Å². The first-order valence-electron chi connectivity index (χ1n) is 14.1. The largest absolute Gasteiger partial charge is 0.284 e. The number of benzene rings is 5. The number of nitrogens with zero attached hydrogens (tertiary/aromatic N) is 3. The summed E-state index contributed by atoms with van der Waals surface area (Å²) in [5.41, 5.74) is 9.64. The summed E-state index contributed by atoms with van der Waals surface area (Å²) in [7, 11) is 0. The van der Waals surface area contributed by atoms with Gasteiger partial charge in [-0.1, -0.05) is 103 Å². The molecular weight excluding hydrogens is 531 g/mol. The van der Waals surface area contributed by atoms with Crippen molar-refractivity contribution in [2.75, 3.05) is 0 Å². The molecule has 0 spiro atoms. The Balaban J connectivity index is 1.08. The fraction of sp³-hybridized carbons (Fsp3) is 0. The standard InChI is InChI=1S/C38H23N3S/c1-2-9-31-30(8-1)36(40-38-37(31)39-35-11-5-6-22-41(35)38)27-18-16-25(17-19-27)24-12-14-26(15-13-24)28-20-21-34-32(23-28)29-7-3-4-10-33(29)42-34/h1-23H. The number of hydrogen-bond acceptors (Lipinski definition) is 3. The summed E-state index contributed by atoms with van der Waals surface area (Å²) in [5.74, 6) is 0. The van der Waals surface area contributed by atoms with Crippen LogP contribution < -0.4 is 0 Å². The molecule has 0 fully saturated rings. The van der Waals surface area contributed by atoms with Gasteiger partial charge in [0.2, 0.25) is 0 Å². The Labute approximate surface area is 246 Å². The van der Waals surface area contributed by atoms with E-state index in [0.29, 0.717) is 0 Å². The normalized spacial score (nSPS) is 11.8. The average Bonchev–Trinajstić information content (AvgIpc) is 3.63. The van der Waals surface area contributed by atoms with Crippen molar-refractivity contribution >= 4 is 59.1 Å². The third kappa shape index (κ3) is 3.59. The molecule has 5 aromatic carbocycles. The van der Waals surface area contributed by atoms with Crippen LogP contribution in [0.5, 0.6) is 0 Å². The van der Waals surface area contributed by atoms with Gasteiger partial charge in [-0.05, 0) is 52.6 Å². The zero-order valence-electron chi connectivity index (χ0n) is 22.5. The maximum Gasteiger partial charge on any atom is 0.165 e. The van der Waals surface area contributed by atoms with Gasteiger partial charge in [0, 0.05) is 42.7 Å². The Hall–Kier alpha value is -5.32. The van der Waals surface area contributed by atoms with Crippen LogP contribution in [0, 0.1) is 0 Å². The van der Waals surface area contributed by atoms with E-state index < -0.39 is 0 Å². The van der Waals surface area contributed by atoms with E-state index in [1.54, 1.807) is 0 Å². The van der Waals surface area contributed by atoms with Gasteiger partial charge >= 0.3 is 0 Å². The molecule has 9 rings (SSSR count). The first-order valence-corrected chi connectivity index (χ1v) is 14.9. The first-order chi connectivity index (χ1) is 20.8. The quantitative estimate of drug-likeness (QED) is 0.218. The van der Waals surface area contributed by atoms with Crippen LogP contribution in [0.2, 0.25) is 0 Å². The van der Waals surface area contributed by atoms with E-state index in [-0.39, 0.29) is 0 Å². The van der Waals surface area contributed by atoms with Crippen LogP contribution in [0.25, 0.3) is 81.3 Å². The van der Waals surface area contributed by atoms with Gasteiger partial charge in [-0.3, -0.25) is 4.40 Å². The molecule has 0 aliphatic carbocycles. The highest BCUT2D eigenvalue weighted by molar-refractivity contribution is 7.25. The SMILES string of the molecule is c1ccc2c(c1)sc1ccc(-c3ccc(-c4ccc(-c5nc6c(nc7ccccn76)c6ccccc56)cc4)cc3)cc12. The molecular formula is C38H23N3S. The molecule has 0 bridgehead atoms. The van der Waals surface area contributed by atoms with Gasteiger partial charge in [0.05, 0.1) is 5.69 Å². The summed E-state index contributed by atoms with van der Waals surface area (Å²) in [5, 5.41) is 4.89. The van der Waals surface area contributed by atoms with E-state index in [1.165, 1.54) is 42.4 Å². The van der Waals surface area contributed by atoms with Crippen molar-refractivity contribution in [1.29, 1.82) is 0 Å². The van der Waals surface area contributed by atoms with Gasteiger partial charge in [-0.2, -0.15) is 0 Å². The van der Waals surface area contributed by atoms with Crippen molar-refractivity contribution < 1.29 is 0 Å². The van der Waals surface area contributed by atoms with Crippen LogP contribution in [0.1, 0.15) is 0 Å². The third-order valence-corrected chi connectivity index (χ3v) is 9.40. The minimum absolute atomic E-state index is 0.882. The maximum absolute atomic E-state index is 5.15. The molecule has 0 N–H and O–H groups in total. The number of rotatable bonds is 3. The molecule has 4 heteroatoms. The second kappa shape index (κ2) is 9.10. The van der Waals surface area contributed by atoms with Gasteiger partial charge in [0.25, 0.3) is 0 Å². The number of thiophene rings is 1. The fourth-order valence-electron chi connectivity index (χ4n) is 6.13. The minimum atomic E-state index is 0.882. The predicted molar refractivity (Wildman–Crippen MR) is 177 cm³/mol. The molecule has 0 radical (unpaired) electrons. The first kappa shape index (κ1) is 23.4. The second-order valence-corrected chi connectivity index (χ2v) is 11.8. The molecule has 0 unspecified atom stereocenters. The molecule has 3 nitrogen and oxygen atoms in total. The van der Waals surface area contributed by atoms with Crippen molar-refractivity contribution in [2.45, 2.75) is 0 Å². The summed E-state index contributed by atoms with van der Waals surface area (Å²) in [4.78, 5) is 10.0. The Bertz CT molecular complexity index is 2450. The highest BCUT2D eigenvalue weighted by Crippen LogP contribution is 2.37. The van der Waals surface area contributed by atoms with E-state index in [0.717, 1.165) is 38.8 Å². The lowest BCUT2D eigenvalue weighted by atomic mass is 9.97. The van der Waals surface area contributed by atoms with Crippen molar-refractivity contribution in [1.82, 2.24) is 14.4 Å². The average molecular weight is 554 g/mol. The Kier molecular flexibility index (Phi) is 5.07. The summed E-state index contributed by atoms with van der Waals surface area (Å²) in [6.07, 6.45) is 2.03. The molecule has 0 amide bonds. The predicted octanol–water partition coefficient (Wildman–Crippen LogP) is 10.4. The number of imidazole rings is 1. The van der Waals surface area contributed by atoms with Gasteiger partial charge in [0.1, 0.15) is 11.2 Å². The van der Waals surface area contributed by atoms with Gasteiger partial charge in [-0.25, -0.2) is 9.97 Å². The van der Waals surface area contributed by atoms with E-state index >= 15 is 0 Å². The molecule has 9 aromatic rings. The summed E-state index contributed by atoms with van der Waals surface area (Å²) >= 11 is 1.86. The van der Waals surface area contributed by atoms with Crippen LogP contribution >= 0.6 is 11.3 Å². The van der Waals surface area contributed by atoms with E-state index in [1.807, 2.05) is 35.7 Å². The molecule has 4 heterocycles. The minimum Gasteiger partial charge on any atom is -0.284 e. The zero-order valence-corrected chi connectivity index (χ0v) is 23.3. The Morgan fingerprint density at radius 3 is 1.83 bits per heavy atom. The molecule has 0 aliphatic heterocycles. The Morgan fingerprint density at radius 1 is 0.452 bits per heavy atom. The maximum atomic E-state index is 5.15. The van der Waals surface area contributed by atoms with Gasteiger partial charge in [0.15, 0.2) is 5.65 Å². The number of aromatic nitrogens is 3. The van der Waals surface area contributed by atoms with Crippen LogP contribution in [-0.2, 0) is 0 Å². The number of pyridine rings is 2. The molecule has 4 aromatic heterocycles. The zero-order chi connectivity index (χ0) is 27.6.